The molecule has 2 unspecified atom stereocenters. The van der Waals surface area contributed by atoms with E-state index in [9.17, 15) is 4.79 Å². The number of rotatable bonds is 8. The van der Waals surface area contributed by atoms with Crippen molar-refractivity contribution in [2.75, 3.05) is 13.7 Å². The number of nitrogens with two attached hydrogens (primary N) is 1. The van der Waals surface area contributed by atoms with E-state index in [1.807, 2.05) is 37.3 Å². The lowest BCUT2D eigenvalue weighted by Gasteiger charge is -2.19. The molecule has 27 heavy (non-hydrogen) atoms. The molecule has 1 aromatic carbocycles. The van der Waals surface area contributed by atoms with Gasteiger partial charge in [-0.3, -0.25) is 9.78 Å². The fourth-order valence-electron chi connectivity index (χ4n) is 2.26. The third-order valence-corrected chi connectivity index (χ3v) is 3.99. The van der Waals surface area contributed by atoms with Gasteiger partial charge in [-0.1, -0.05) is 13.0 Å². The van der Waals surface area contributed by atoms with Gasteiger partial charge in [0.25, 0.3) is 0 Å². The van der Waals surface area contributed by atoms with Crippen LogP contribution in [0.1, 0.15) is 31.0 Å². The van der Waals surface area contributed by atoms with Crippen LogP contribution in [0.3, 0.4) is 0 Å². The molecule has 2 aromatic rings. The van der Waals surface area contributed by atoms with Crippen molar-refractivity contribution in [2.45, 2.75) is 26.5 Å². The number of amides is 1. The monoisotopic (exact) mass is 415 g/mol. The Kier molecular flexibility index (Phi) is 11.5. The number of halogens is 2. The summed E-state index contributed by atoms with van der Waals surface area (Å²) in [4.78, 5) is 16.0. The van der Waals surface area contributed by atoms with Gasteiger partial charge in [0.2, 0.25) is 5.91 Å². The van der Waals surface area contributed by atoms with E-state index in [4.69, 9.17) is 15.2 Å². The molecule has 8 heteroatoms. The first-order valence-electron chi connectivity index (χ1n) is 8.25. The number of aromatic nitrogens is 1. The maximum Gasteiger partial charge on any atom is 0.224 e. The molecule has 2 atom stereocenters. The van der Waals surface area contributed by atoms with Gasteiger partial charge < -0.3 is 20.5 Å². The van der Waals surface area contributed by atoms with Crippen molar-refractivity contribution in [3.8, 4) is 11.5 Å². The smallest absolute Gasteiger partial charge is 0.224 e. The molecule has 0 radical (unpaired) electrons. The molecule has 3 N–H and O–H groups in total. The molecule has 150 valence electrons. The first-order valence-corrected chi connectivity index (χ1v) is 8.25. The summed E-state index contributed by atoms with van der Waals surface area (Å²) in [6.45, 7) is 4.48. The van der Waals surface area contributed by atoms with Gasteiger partial charge in [0.05, 0.1) is 13.2 Å². The molecule has 6 nitrogen and oxygen atoms in total. The highest BCUT2D eigenvalue weighted by atomic mass is 35.5. The van der Waals surface area contributed by atoms with Crippen LogP contribution in [0.4, 0.5) is 0 Å². The van der Waals surface area contributed by atoms with Crippen molar-refractivity contribution >= 4 is 30.7 Å². The quantitative estimate of drug-likeness (QED) is 0.690. The number of methoxy groups -OCH3 is 1. The lowest BCUT2D eigenvalue weighted by Crippen LogP contribution is -2.34. The number of nitrogens with zero attached hydrogens (tertiary/aromatic N) is 1. The minimum absolute atomic E-state index is 0. The minimum atomic E-state index is -0.215. The zero-order chi connectivity index (χ0) is 18.2. The number of pyridine rings is 1. The Morgan fingerprint density at radius 3 is 2.41 bits per heavy atom. The molecule has 2 rings (SSSR count). The number of carbonyl (C=O) groups excluding carboxylic acids is 1. The molecule has 0 aliphatic heterocycles. The Balaban J connectivity index is 0.00000338. The number of carbonyl (C=O) groups is 1. The summed E-state index contributed by atoms with van der Waals surface area (Å²) >= 11 is 0. The standard InChI is InChI=1S/C19H25N3O3.2ClH/c1-13(11-20)19(23)22-14(2)16-4-5-17(18(10-16)24-3)25-12-15-6-8-21-9-7-15;;/h4-10,13-14H,11-12,20H2,1-3H3,(H,22,23);2*1H. The second-order valence-corrected chi connectivity index (χ2v) is 5.92. The second kappa shape index (κ2) is 12.4. The summed E-state index contributed by atoms with van der Waals surface area (Å²) in [5, 5.41) is 2.95. The van der Waals surface area contributed by atoms with E-state index in [2.05, 4.69) is 10.3 Å². The molecule has 0 saturated carbocycles. The van der Waals surface area contributed by atoms with E-state index in [1.165, 1.54) is 0 Å². The van der Waals surface area contributed by atoms with Gasteiger partial charge in [0.1, 0.15) is 6.61 Å². The summed E-state index contributed by atoms with van der Waals surface area (Å²) in [6, 6.07) is 9.30. The normalized spacial score (nSPS) is 12.0. The van der Waals surface area contributed by atoms with Crippen LogP contribution in [0.2, 0.25) is 0 Å². The van der Waals surface area contributed by atoms with Gasteiger partial charge in [-0.15, -0.1) is 24.8 Å². The summed E-state index contributed by atoms with van der Waals surface area (Å²) in [7, 11) is 1.60. The van der Waals surface area contributed by atoms with E-state index in [-0.39, 0.29) is 42.7 Å². The Morgan fingerprint density at radius 2 is 1.81 bits per heavy atom. The largest absolute Gasteiger partial charge is 0.493 e. The summed E-state index contributed by atoms with van der Waals surface area (Å²) in [6.07, 6.45) is 3.46. The molecule has 0 aliphatic rings. The van der Waals surface area contributed by atoms with E-state index in [1.54, 1.807) is 26.4 Å². The van der Waals surface area contributed by atoms with Gasteiger partial charge in [0.15, 0.2) is 11.5 Å². The highest BCUT2D eigenvalue weighted by molar-refractivity contribution is 5.85. The second-order valence-electron chi connectivity index (χ2n) is 5.92. The van der Waals surface area contributed by atoms with Crippen LogP contribution in [0.15, 0.2) is 42.7 Å². The fourth-order valence-corrected chi connectivity index (χ4v) is 2.26. The van der Waals surface area contributed by atoms with E-state index >= 15 is 0 Å². The predicted molar refractivity (Wildman–Crippen MR) is 111 cm³/mol. The zero-order valence-corrected chi connectivity index (χ0v) is 17.3. The molecule has 0 spiro atoms. The van der Waals surface area contributed by atoms with Crippen LogP contribution in [-0.2, 0) is 11.4 Å². The van der Waals surface area contributed by atoms with Gasteiger partial charge in [-0.25, -0.2) is 0 Å². The van der Waals surface area contributed by atoms with E-state index < -0.39 is 0 Å². The third kappa shape index (κ3) is 7.25. The molecule has 0 bridgehead atoms. The third-order valence-electron chi connectivity index (χ3n) is 3.99. The van der Waals surface area contributed by atoms with Crippen LogP contribution < -0.4 is 20.5 Å². The van der Waals surface area contributed by atoms with Gasteiger partial charge in [-0.2, -0.15) is 0 Å². The van der Waals surface area contributed by atoms with Crippen LogP contribution >= 0.6 is 24.8 Å². The van der Waals surface area contributed by atoms with Crippen molar-refractivity contribution in [2.24, 2.45) is 11.7 Å². The number of hydrogen-bond donors (Lipinski definition) is 2. The number of nitrogens with one attached hydrogen (secondary N) is 1. The topological polar surface area (TPSA) is 86.5 Å². The molecule has 1 amide bonds. The molecular weight excluding hydrogens is 389 g/mol. The highest BCUT2D eigenvalue weighted by Crippen LogP contribution is 2.31. The van der Waals surface area contributed by atoms with Crippen LogP contribution in [0.5, 0.6) is 11.5 Å². The van der Waals surface area contributed by atoms with Gasteiger partial charge in [-0.05, 0) is 42.3 Å². The molecule has 1 aromatic heterocycles. The van der Waals surface area contributed by atoms with Crippen LogP contribution in [-0.4, -0.2) is 24.5 Å². The fraction of sp³-hybridized carbons (Fsp3) is 0.368. The average molecular weight is 416 g/mol. The van der Waals surface area contributed by atoms with Crippen LogP contribution in [0, 0.1) is 5.92 Å². The number of benzene rings is 1. The van der Waals surface area contributed by atoms with Crippen molar-refractivity contribution in [1.82, 2.24) is 10.3 Å². The molecular formula is C19H27Cl2N3O3. The lowest BCUT2D eigenvalue weighted by molar-refractivity contribution is -0.124. The van der Waals surface area contributed by atoms with Crippen molar-refractivity contribution < 1.29 is 14.3 Å². The Labute approximate surface area is 172 Å². The zero-order valence-electron chi connectivity index (χ0n) is 15.7. The SMILES string of the molecule is COc1cc(C(C)NC(=O)C(C)CN)ccc1OCc1ccncc1.Cl.Cl. The maximum absolute atomic E-state index is 12.0. The number of ether oxygens (including phenoxy) is 2. The number of hydrogen-bond acceptors (Lipinski definition) is 5. The first-order chi connectivity index (χ1) is 12.0. The van der Waals surface area contributed by atoms with Crippen molar-refractivity contribution in [3.63, 3.8) is 0 Å². The first kappa shape index (κ1) is 25.0. The summed E-state index contributed by atoms with van der Waals surface area (Å²) < 4.78 is 11.3. The Morgan fingerprint density at radius 1 is 1.15 bits per heavy atom. The molecule has 0 saturated heterocycles. The van der Waals surface area contributed by atoms with Crippen molar-refractivity contribution in [3.05, 3.63) is 53.9 Å². The highest BCUT2D eigenvalue weighted by Gasteiger charge is 2.16. The van der Waals surface area contributed by atoms with Crippen molar-refractivity contribution in [1.29, 1.82) is 0 Å². The minimum Gasteiger partial charge on any atom is -0.493 e. The average Bonchev–Trinajstić information content (AvgIpc) is 2.66. The van der Waals surface area contributed by atoms with E-state index in [0.29, 0.717) is 24.7 Å². The Hall–Kier alpha value is -2.02. The molecule has 0 fully saturated rings. The molecule has 1 heterocycles. The predicted octanol–water partition coefficient (Wildman–Crippen LogP) is 3.28. The Bertz CT molecular complexity index is 702. The molecule has 0 aliphatic carbocycles. The summed E-state index contributed by atoms with van der Waals surface area (Å²) in [5.74, 6) is 0.996. The van der Waals surface area contributed by atoms with Gasteiger partial charge in [0, 0.05) is 24.9 Å². The van der Waals surface area contributed by atoms with Gasteiger partial charge >= 0.3 is 0 Å². The van der Waals surface area contributed by atoms with Crippen LogP contribution in [0.25, 0.3) is 0 Å². The maximum atomic E-state index is 12.0. The summed E-state index contributed by atoms with van der Waals surface area (Å²) in [5.41, 5.74) is 7.49. The van der Waals surface area contributed by atoms with E-state index in [0.717, 1.165) is 11.1 Å². The lowest BCUT2D eigenvalue weighted by atomic mass is 10.1.